The molecule has 1 atom stereocenters. The van der Waals surface area contributed by atoms with Crippen molar-refractivity contribution in [2.24, 2.45) is 0 Å². The fraction of sp³-hybridized carbons (Fsp3) is 0.364. The molecule has 0 aromatic heterocycles. The minimum absolute atomic E-state index is 0.0578. The fourth-order valence-corrected chi connectivity index (χ4v) is 3.32. The van der Waals surface area contributed by atoms with E-state index < -0.39 is 0 Å². The molecule has 1 aliphatic rings. The van der Waals surface area contributed by atoms with E-state index in [0.717, 1.165) is 18.4 Å². The van der Waals surface area contributed by atoms with Crippen LogP contribution in [0.25, 0.3) is 0 Å². The van der Waals surface area contributed by atoms with Crippen LogP contribution < -0.4 is 10.1 Å². The van der Waals surface area contributed by atoms with E-state index in [-0.39, 0.29) is 23.7 Å². The molecule has 1 heterocycles. The third kappa shape index (κ3) is 5.09. The Labute approximate surface area is 164 Å². The van der Waals surface area contributed by atoms with E-state index in [1.165, 1.54) is 12.1 Å². The van der Waals surface area contributed by atoms with E-state index in [1.54, 1.807) is 29.2 Å². The molecular formula is C22H25FN2O3. The highest BCUT2D eigenvalue weighted by atomic mass is 19.1. The van der Waals surface area contributed by atoms with Crippen molar-refractivity contribution in [1.29, 1.82) is 0 Å². The van der Waals surface area contributed by atoms with Gasteiger partial charge in [-0.1, -0.05) is 19.1 Å². The number of nitrogens with one attached hydrogen (secondary N) is 1. The third-order valence-corrected chi connectivity index (χ3v) is 4.78. The fourth-order valence-electron chi connectivity index (χ4n) is 3.32. The molecule has 0 spiro atoms. The maximum absolute atomic E-state index is 12.9. The molecule has 1 unspecified atom stereocenters. The van der Waals surface area contributed by atoms with Crippen LogP contribution in [0.1, 0.15) is 38.2 Å². The molecular weight excluding hydrogens is 359 g/mol. The van der Waals surface area contributed by atoms with Crippen molar-refractivity contribution >= 4 is 11.8 Å². The summed E-state index contributed by atoms with van der Waals surface area (Å²) in [6, 6.07) is 12.8. The monoisotopic (exact) mass is 384 g/mol. The zero-order valence-electron chi connectivity index (χ0n) is 16.0. The van der Waals surface area contributed by atoms with Crippen molar-refractivity contribution in [3.63, 3.8) is 0 Å². The summed E-state index contributed by atoms with van der Waals surface area (Å²) in [6.45, 7) is 3.01. The van der Waals surface area contributed by atoms with Gasteiger partial charge in [-0.25, -0.2) is 4.39 Å². The quantitative estimate of drug-likeness (QED) is 0.784. The SMILES string of the molecule is CCCC(=O)N1CCCC1C(=O)NCc1ccc(Oc2ccc(F)cc2)cc1. The van der Waals surface area contributed by atoms with Gasteiger partial charge < -0.3 is 15.0 Å². The van der Waals surface area contributed by atoms with E-state index in [9.17, 15) is 14.0 Å². The van der Waals surface area contributed by atoms with E-state index in [0.29, 0.717) is 37.4 Å². The summed E-state index contributed by atoms with van der Waals surface area (Å²) in [5, 5.41) is 2.93. The molecule has 0 saturated carbocycles. The van der Waals surface area contributed by atoms with Crippen LogP contribution in [-0.4, -0.2) is 29.3 Å². The number of rotatable bonds is 7. The smallest absolute Gasteiger partial charge is 0.243 e. The molecule has 2 aromatic carbocycles. The van der Waals surface area contributed by atoms with E-state index >= 15 is 0 Å². The maximum Gasteiger partial charge on any atom is 0.243 e. The number of hydrogen-bond acceptors (Lipinski definition) is 3. The van der Waals surface area contributed by atoms with Crippen molar-refractivity contribution in [3.8, 4) is 11.5 Å². The lowest BCUT2D eigenvalue weighted by molar-refractivity contribution is -0.138. The summed E-state index contributed by atoms with van der Waals surface area (Å²) in [7, 11) is 0. The van der Waals surface area contributed by atoms with Gasteiger partial charge in [-0.15, -0.1) is 0 Å². The Kier molecular flexibility index (Phi) is 6.63. The van der Waals surface area contributed by atoms with Crippen LogP contribution in [0.15, 0.2) is 48.5 Å². The molecule has 1 saturated heterocycles. The number of ether oxygens (including phenoxy) is 1. The van der Waals surface area contributed by atoms with Gasteiger partial charge in [0, 0.05) is 19.5 Å². The molecule has 2 aromatic rings. The topological polar surface area (TPSA) is 58.6 Å². The Morgan fingerprint density at radius 2 is 1.75 bits per heavy atom. The number of carbonyl (C=O) groups excluding carboxylic acids is 2. The summed E-state index contributed by atoms with van der Waals surface area (Å²) in [6.07, 6.45) is 2.85. The Hall–Kier alpha value is -2.89. The summed E-state index contributed by atoms with van der Waals surface area (Å²) < 4.78 is 18.6. The Morgan fingerprint density at radius 1 is 1.11 bits per heavy atom. The maximum atomic E-state index is 12.9. The van der Waals surface area contributed by atoms with E-state index in [4.69, 9.17) is 4.74 Å². The first kappa shape index (κ1) is 19.9. The van der Waals surface area contributed by atoms with Gasteiger partial charge in [0.1, 0.15) is 23.4 Å². The predicted molar refractivity (Wildman–Crippen MR) is 104 cm³/mol. The molecule has 1 fully saturated rings. The van der Waals surface area contributed by atoms with Gasteiger partial charge in [0.15, 0.2) is 0 Å². The van der Waals surface area contributed by atoms with Gasteiger partial charge in [-0.3, -0.25) is 9.59 Å². The zero-order chi connectivity index (χ0) is 19.9. The van der Waals surface area contributed by atoms with Crippen LogP contribution in [-0.2, 0) is 16.1 Å². The first-order chi connectivity index (χ1) is 13.6. The predicted octanol–water partition coefficient (Wildman–Crippen LogP) is 4.03. The molecule has 6 heteroatoms. The first-order valence-electron chi connectivity index (χ1n) is 9.66. The summed E-state index contributed by atoms with van der Waals surface area (Å²) in [5.74, 6) is 0.834. The normalized spacial score (nSPS) is 16.1. The van der Waals surface area contributed by atoms with Crippen molar-refractivity contribution in [2.75, 3.05) is 6.54 Å². The minimum Gasteiger partial charge on any atom is -0.457 e. The zero-order valence-corrected chi connectivity index (χ0v) is 16.0. The molecule has 0 aliphatic carbocycles. The number of amides is 2. The standard InChI is InChI=1S/C22H25FN2O3/c1-2-4-21(26)25-14-3-5-20(25)22(27)24-15-16-6-10-18(11-7-16)28-19-12-8-17(23)9-13-19/h6-13,20H,2-5,14-15H2,1H3,(H,24,27). The van der Waals surface area contributed by atoms with Gasteiger partial charge in [-0.05, 0) is 61.2 Å². The molecule has 148 valence electrons. The third-order valence-electron chi connectivity index (χ3n) is 4.78. The molecule has 0 radical (unpaired) electrons. The number of likely N-dealkylation sites (tertiary alicyclic amines) is 1. The van der Waals surface area contributed by atoms with Gasteiger partial charge >= 0.3 is 0 Å². The van der Waals surface area contributed by atoms with Crippen molar-refractivity contribution < 1.29 is 18.7 Å². The van der Waals surface area contributed by atoms with E-state index in [2.05, 4.69) is 5.32 Å². The second-order valence-electron chi connectivity index (χ2n) is 6.91. The Balaban J connectivity index is 1.52. The van der Waals surface area contributed by atoms with Crippen LogP contribution in [0.2, 0.25) is 0 Å². The van der Waals surface area contributed by atoms with Crippen LogP contribution in [0.3, 0.4) is 0 Å². The van der Waals surface area contributed by atoms with Gasteiger partial charge in [0.2, 0.25) is 11.8 Å². The van der Waals surface area contributed by atoms with Crippen molar-refractivity contribution in [1.82, 2.24) is 10.2 Å². The number of benzene rings is 2. The number of hydrogen-bond donors (Lipinski definition) is 1. The largest absolute Gasteiger partial charge is 0.457 e. The highest BCUT2D eigenvalue weighted by Crippen LogP contribution is 2.22. The molecule has 2 amide bonds. The average molecular weight is 384 g/mol. The van der Waals surface area contributed by atoms with Crippen molar-refractivity contribution in [2.45, 2.75) is 45.2 Å². The van der Waals surface area contributed by atoms with Crippen LogP contribution >= 0.6 is 0 Å². The molecule has 0 bridgehead atoms. The lowest BCUT2D eigenvalue weighted by atomic mass is 10.1. The second-order valence-corrected chi connectivity index (χ2v) is 6.91. The van der Waals surface area contributed by atoms with Crippen LogP contribution in [0.4, 0.5) is 4.39 Å². The average Bonchev–Trinajstić information content (AvgIpc) is 3.19. The molecule has 28 heavy (non-hydrogen) atoms. The molecule has 3 rings (SSSR count). The number of carbonyl (C=O) groups is 2. The lowest BCUT2D eigenvalue weighted by Gasteiger charge is -2.24. The number of halogens is 1. The van der Waals surface area contributed by atoms with Crippen LogP contribution in [0.5, 0.6) is 11.5 Å². The van der Waals surface area contributed by atoms with E-state index in [1.807, 2.05) is 19.1 Å². The van der Waals surface area contributed by atoms with Gasteiger partial charge in [0.25, 0.3) is 0 Å². The Morgan fingerprint density at radius 3 is 2.39 bits per heavy atom. The molecule has 1 N–H and O–H groups in total. The highest BCUT2D eigenvalue weighted by Gasteiger charge is 2.33. The summed E-state index contributed by atoms with van der Waals surface area (Å²) in [5.41, 5.74) is 0.934. The molecule has 5 nitrogen and oxygen atoms in total. The first-order valence-corrected chi connectivity index (χ1v) is 9.66. The summed E-state index contributed by atoms with van der Waals surface area (Å²) in [4.78, 5) is 26.4. The van der Waals surface area contributed by atoms with Gasteiger partial charge in [0.05, 0.1) is 0 Å². The highest BCUT2D eigenvalue weighted by molar-refractivity contribution is 5.88. The number of nitrogens with zero attached hydrogens (tertiary/aromatic N) is 1. The van der Waals surface area contributed by atoms with Gasteiger partial charge in [-0.2, -0.15) is 0 Å². The molecule has 1 aliphatic heterocycles. The Bertz CT molecular complexity index is 806. The van der Waals surface area contributed by atoms with Crippen LogP contribution in [0, 0.1) is 5.82 Å². The van der Waals surface area contributed by atoms with Crippen molar-refractivity contribution in [3.05, 3.63) is 59.9 Å². The summed E-state index contributed by atoms with van der Waals surface area (Å²) >= 11 is 0. The second kappa shape index (κ2) is 9.35. The lowest BCUT2D eigenvalue weighted by Crippen LogP contribution is -2.45. The minimum atomic E-state index is -0.361.